The lowest BCUT2D eigenvalue weighted by Crippen LogP contribution is -2.33. The van der Waals surface area contributed by atoms with E-state index in [1.165, 1.54) is 12.1 Å². The monoisotopic (exact) mass is 420 g/mol. The molecule has 28 heavy (non-hydrogen) atoms. The number of rotatable bonds is 8. The number of hydrogen-bond acceptors (Lipinski definition) is 5. The predicted molar refractivity (Wildman–Crippen MR) is 114 cm³/mol. The van der Waals surface area contributed by atoms with E-state index in [-0.39, 0.29) is 21.7 Å². The highest BCUT2D eigenvalue weighted by Crippen LogP contribution is 2.20. The molecule has 0 unspecified atom stereocenters. The minimum absolute atomic E-state index is 0.0995. The number of thiocarbonyl (C=S) groups is 1. The Morgan fingerprint density at radius 1 is 1.04 bits per heavy atom. The lowest BCUT2D eigenvalue weighted by Gasteiger charge is -2.10. The number of anilines is 1. The van der Waals surface area contributed by atoms with Crippen molar-refractivity contribution in [1.82, 2.24) is 5.32 Å². The summed E-state index contributed by atoms with van der Waals surface area (Å²) >= 11 is 5.08. The van der Waals surface area contributed by atoms with Crippen molar-refractivity contribution >= 4 is 38.8 Å². The Labute approximate surface area is 171 Å². The van der Waals surface area contributed by atoms with Crippen molar-refractivity contribution in [3.63, 3.8) is 0 Å². The minimum atomic E-state index is -3.48. The molecule has 0 saturated heterocycles. The van der Waals surface area contributed by atoms with Crippen LogP contribution >= 0.6 is 12.2 Å². The highest BCUT2D eigenvalue weighted by atomic mass is 32.2. The van der Waals surface area contributed by atoms with Crippen LogP contribution in [0, 0.1) is 0 Å². The van der Waals surface area contributed by atoms with Gasteiger partial charge in [0, 0.05) is 12.1 Å². The van der Waals surface area contributed by atoms with Crippen molar-refractivity contribution in [1.29, 1.82) is 0 Å². The summed E-state index contributed by atoms with van der Waals surface area (Å²) in [5.41, 5.74) is 1.28. The fourth-order valence-corrected chi connectivity index (χ4v) is 4.06. The first-order valence-electron chi connectivity index (χ1n) is 8.99. The van der Waals surface area contributed by atoms with Gasteiger partial charge >= 0.3 is 0 Å². The molecule has 0 atom stereocenters. The first kappa shape index (κ1) is 21.8. The molecule has 0 aliphatic carbocycles. The Bertz CT molecular complexity index is 908. The van der Waals surface area contributed by atoms with Gasteiger partial charge in [0.2, 0.25) is 5.91 Å². The third-order valence-corrected chi connectivity index (χ3v) is 5.70. The SMILES string of the molecule is CCCC(=O)NC(=S)Nc1ccc(S(=O)(=O)Cc2ccc(OCC)cc2)cc1. The summed E-state index contributed by atoms with van der Waals surface area (Å²) in [6.07, 6.45) is 1.12. The Hall–Kier alpha value is -2.45. The van der Waals surface area contributed by atoms with Gasteiger partial charge in [-0.25, -0.2) is 8.42 Å². The third kappa shape index (κ3) is 6.61. The molecular weight excluding hydrogens is 396 g/mol. The molecule has 8 heteroatoms. The zero-order chi connectivity index (χ0) is 20.6. The number of amides is 1. The summed E-state index contributed by atoms with van der Waals surface area (Å²) in [5.74, 6) is 0.452. The number of benzene rings is 2. The largest absolute Gasteiger partial charge is 0.494 e. The lowest BCUT2D eigenvalue weighted by molar-refractivity contribution is -0.119. The van der Waals surface area contributed by atoms with Crippen LogP contribution in [0.3, 0.4) is 0 Å². The van der Waals surface area contributed by atoms with Crippen LogP contribution in [0.15, 0.2) is 53.4 Å². The highest BCUT2D eigenvalue weighted by molar-refractivity contribution is 7.90. The number of nitrogens with one attached hydrogen (secondary N) is 2. The molecule has 6 nitrogen and oxygen atoms in total. The molecule has 1 amide bonds. The zero-order valence-corrected chi connectivity index (χ0v) is 17.5. The molecule has 0 saturated carbocycles. The van der Waals surface area contributed by atoms with Gasteiger partial charge in [-0.3, -0.25) is 4.79 Å². The van der Waals surface area contributed by atoms with Crippen LogP contribution in [-0.4, -0.2) is 26.0 Å². The fraction of sp³-hybridized carbons (Fsp3) is 0.300. The summed E-state index contributed by atoms with van der Waals surface area (Å²) in [6, 6.07) is 13.3. The van der Waals surface area contributed by atoms with E-state index in [2.05, 4.69) is 10.6 Å². The third-order valence-electron chi connectivity index (χ3n) is 3.79. The van der Waals surface area contributed by atoms with E-state index in [1.807, 2.05) is 13.8 Å². The molecule has 2 aromatic carbocycles. The topological polar surface area (TPSA) is 84.5 Å². The summed E-state index contributed by atoms with van der Waals surface area (Å²) in [5, 5.41) is 5.63. The molecule has 2 N–H and O–H groups in total. The van der Waals surface area contributed by atoms with Crippen LogP contribution < -0.4 is 15.4 Å². The van der Waals surface area contributed by atoms with Gasteiger partial charge in [-0.1, -0.05) is 19.1 Å². The molecule has 0 radical (unpaired) electrons. The lowest BCUT2D eigenvalue weighted by atomic mass is 10.2. The first-order valence-corrected chi connectivity index (χ1v) is 11.1. The molecule has 0 aliphatic heterocycles. The van der Waals surface area contributed by atoms with Crippen LogP contribution in [0.1, 0.15) is 32.3 Å². The van der Waals surface area contributed by atoms with E-state index in [1.54, 1.807) is 36.4 Å². The van der Waals surface area contributed by atoms with Gasteiger partial charge in [-0.05, 0) is 67.5 Å². The van der Waals surface area contributed by atoms with E-state index in [4.69, 9.17) is 17.0 Å². The van der Waals surface area contributed by atoms with Crippen molar-refractivity contribution in [2.45, 2.75) is 37.3 Å². The van der Waals surface area contributed by atoms with Crippen LogP contribution in [0.5, 0.6) is 5.75 Å². The van der Waals surface area contributed by atoms with Crippen LogP contribution in [0.2, 0.25) is 0 Å². The first-order chi connectivity index (χ1) is 13.3. The van der Waals surface area contributed by atoms with E-state index < -0.39 is 9.84 Å². The van der Waals surface area contributed by atoms with Gasteiger partial charge in [0.15, 0.2) is 14.9 Å². The van der Waals surface area contributed by atoms with Gasteiger partial charge < -0.3 is 15.4 Å². The Morgan fingerprint density at radius 3 is 2.25 bits per heavy atom. The average molecular weight is 421 g/mol. The molecule has 0 bridgehead atoms. The second kappa shape index (κ2) is 10.2. The van der Waals surface area contributed by atoms with Crippen LogP contribution in [0.4, 0.5) is 5.69 Å². The number of ether oxygens (including phenoxy) is 1. The smallest absolute Gasteiger partial charge is 0.226 e. The molecule has 0 spiro atoms. The Balaban J connectivity index is 2.00. The van der Waals surface area contributed by atoms with Crippen molar-refractivity contribution in [3.8, 4) is 5.75 Å². The van der Waals surface area contributed by atoms with Crippen molar-refractivity contribution in [3.05, 3.63) is 54.1 Å². The van der Waals surface area contributed by atoms with Gasteiger partial charge in [-0.15, -0.1) is 0 Å². The maximum Gasteiger partial charge on any atom is 0.226 e. The summed E-state index contributed by atoms with van der Waals surface area (Å²) < 4.78 is 30.6. The zero-order valence-electron chi connectivity index (χ0n) is 15.9. The molecule has 2 aromatic rings. The van der Waals surface area contributed by atoms with Crippen molar-refractivity contribution in [2.24, 2.45) is 0 Å². The fourth-order valence-electron chi connectivity index (χ4n) is 2.48. The number of sulfone groups is 1. The number of carbonyl (C=O) groups excluding carboxylic acids is 1. The van der Waals surface area contributed by atoms with Crippen molar-refractivity contribution in [2.75, 3.05) is 11.9 Å². The highest BCUT2D eigenvalue weighted by Gasteiger charge is 2.15. The van der Waals surface area contributed by atoms with E-state index in [0.29, 0.717) is 30.0 Å². The maximum absolute atomic E-state index is 12.6. The van der Waals surface area contributed by atoms with Crippen LogP contribution in [-0.2, 0) is 20.4 Å². The van der Waals surface area contributed by atoms with E-state index in [0.717, 1.165) is 6.42 Å². The molecule has 150 valence electrons. The second-order valence-electron chi connectivity index (χ2n) is 6.11. The molecule has 0 aliphatic rings. The van der Waals surface area contributed by atoms with Gasteiger partial charge in [0.1, 0.15) is 5.75 Å². The van der Waals surface area contributed by atoms with Crippen LogP contribution in [0.25, 0.3) is 0 Å². The minimum Gasteiger partial charge on any atom is -0.494 e. The van der Waals surface area contributed by atoms with Gasteiger partial charge in [-0.2, -0.15) is 0 Å². The predicted octanol–water partition coefficient (Wildman–Crippen LogP) is 3.67. The van der Waals surface area contributed by atoms with Gasteiger partial charge in [0.05, 0.1) is 17.3 Å². The normalized spacial score (nSPS) is 10.9. The quantitative estimate of drug-likeness (QED) is 0.634. The molecule has 0 fully saturated rings. The van der Waals surface area contributed by atoms with E-state index >= 15 is 0 Å². The average Bonchev–Trinajstić information content (AvgIpc) is 2.64. The van der Waals surface area contributed by atoms with E-state index in [9.17, 15) is 13.2 Å². The molecule has 0 aromatic heterocycles. The van der Waals surface area contributed by atoms with Crippen molar-refractivity contribution < 1.29 is 17.9 Å². The summed E-state index contributed by atoms with van der Waals surface area (Å²) in [7, 11) is -3.48. The van der Waals surface area contributed by atoms with Gasteiger partial charge in [0.25, 0.3) is 0 Å². The maximum atomic E-state index is 12.6. The molecule has 0 heterocycles. The molecule has 2 rings (SSSR count). The standard InChI is InChI=1S/C20H24N2O4S2/c1-3-5-19(23)22-20(27)21-16-8-12-18(13-9-16)28(24,25)14-15-6-10-17(11-7-15)26-4-2/h6-13H,3-5,14H2,1-2H3,(H2,21,22,23,27). The number of hydrogen-bond donors (Lipinski definition) is 2. The second-order valence-corrected chi connectivity index (χ2v) is 8.51. The summed E-state index contributed by atoms with van der Waals surface area (Å²) in [4.78, 5) is 11.8. The Morgan fingerprint density at radius 2 is 1.68 bits per heavy atom. The Kier molecular flexibility index (Phi) is 7.95. The molecular formula is C20H24N2O4S2. The summed E-state index contributed by atoms with van der Waals surface area (Å²) in [6.45, 7) is 4.36. The number of carbonyl (C=O) groups is 1.